The first-order valence-electron chi connectivity index (χ1n) is 12.9. The van der Waals surface area contributed by atoms with Crippen molar-refractivity contribution in [3.05, 3.63) is 119 Å². The standard InChI is InChI=1S/C31H29ClN4O6S/c1-41-28-17-11-26(12-18-28)34-30(37)21-42-29-15-5-22(6-16-29)19-33-35-31(38)24-7-13-27(14-8-24)36(43(2,39)40)20-23-3-9-25(32)10-4-23/h3-19H,20-21H2,1-2H3,(H,34,37)(H,35,38)/b33-19-. The zero-order chi connectivity index (χ0) is 30.8. The summed E-state index contributed by atoms with van der Waals surface area (Å²) >= 11 is 5.93. The third-order valence-electron chi connectivity index (χ3n) is 6.06. The Hall–Kier alpha value is -4.87. The number of halogens is 1. The second kappa shape index (κ2) is 14.3. The number of carbonyl (C=O) groups is 2. The van der Waals surface area contributed by atoms with E-state index in [9.17, 15) is 18.0 Å². The van der Waals surface area contributed by atoms with Crippen LogP contribution in [0.3, 0.4) is 0 Å². The van der Waals surface area contributed by atoms with E-state index < -0.39 is 15.9 Å². The van der Waals surface area contributed by atoms with Gasteiger partial charge in [-0.25, -0.2) is 13.8 Å². The van der Waals surface area contributed by atoms with Crippen molar-refractivity contribution in [2.75, 3.05) is 29.6 Å². The second-order valence-electron chi connectivity index (χ2n) is 9.28. The van der Waals surface area contributed by atoms with Gasteiger partial charge in [0.2, 0.25) is 10.0 Å². The van der Waals surface area contributed by atoms with Gasteiger partial charge in [0.25, 0.3) is 11.8 Å². The Bertz CT molecular complexity index is 1680. The van der Waals surface area contributed by atoms with E-state index in [2.05, 4.69) is 15.8 Å². The Morgan fingerprint density at radius 1 is 0.884 bits per heavy atom. The van der Waals surface area contributed by atoms with Crippen LogP contribution in [0.15, 0.2) is 102 Å². The Kier molecular flexibility index (Phi) is 10.4. The topological polar surface area (TPSA) is 126 Å². The van der Waals surface area contributed by atoms with Crippen molar-refractivity contribution < 1.29 is 27.5 Å². The number of methoxy groups -OCH3 is 1. The van der Waals surface area contributed by atoms with Gasteiger partial charge in [0, 0.05) is 16.3 Å². The molecule has 4 aromatic carbocycles. The van der Waals surface area contributed by atoms with Gasteiger partial charge in [-0.15, -0.1) is 0 Å². The first-order valence-corrected chi connectivity index (χ1v) is 15.2. The van der Waals surface area contributed by atoms with Gasteiger partial charge in [-0.1, -0.05) is 23.7 Å². The van der Waals surface area contributed by atoms with Crippen LogP contribution < -0.4 is 24.5 Å². The van der Waals surface area contributed by atoms with E-state index in [1.54, 1.807) is 92.0 Å². The number of nitrogens with zero attached hydrogens (tertiary/aromatic N) is 2. The quantitative estimate of drug-likeness (QED) is 0.168. The molecule has 0 fully saturated rings. The van der Waals surface area contributed by atoms with Crippen LogP contribution in [0.2, 0.25) is 5.02 Å². The van der Waals surface area contributed by atoms with E-state index in [0.29, 0.717) is 39.0 Å². The number of benzene rings is 4. The lowest BCUT2D eigenvalue weighted by atomic mass is 10.2. The molecule has 0 saturated carbocycles. The molecule has 10 nitrogen and oxygen atoms in total. The molecule has 4 rings (SSSR count). The van der Waals surface area contributed by atoms with Crippen molar-refractivity contribution in [3.8, 4) is 11.5 Å². The molecule has 0 atom stereocenters. The predicted octanol–water partition coefficient (Wildman–Crippen LogP) is 5.10. The maximum absolute atomic E-state index is 12.6. The summed E-state index contributed by atoms with van der Waals surface area (Å²) < 4.78 is 36.8. The molecule has 4 aromatic rings. The molecule has 12 heteroatoms. The molecule has 0 heterocycles. The number of carbonyl (C=O) groups excluding carboxylic acids is 2. The van der Waals surface area contributed by atoms with Gasteiger partial charge in [-0.2, -0.15) is 5.10 Å². The zero-order valence-corrected chi connectivity index (χ0v) is 24.9. The number of hydrogen-bond donors (Lipinski definition) is 2. The monoisotopic (exact) mass is 620 g/mol. The molecule has 0 aromatic heterocycles. The number of sulfonamides is 1. The van der Waals surface area contributed by atoms with Gasteiger partial charge in [0.15, 0.2) is 6.61 Å². The number of rotatable bonds is 12. The fraction of sp³-hybridized carbons (Fsp3) is 0.129. The van der Waals surface area contributed by atoms with Crippen molar-refractivity contribution in [1.29, 1.82) is 0 Å². The zero-order valence-electron chi connectivity index (χ0n) is 23.4. The summed E-state index contributed by atoms with van der Waals surface area (Å²) in [5, 5.41) is 7.28. The van der Waals surface area contributed by atoms with Crippen LogP contribution in [0.5, 0.6) is 11.5 Å². The van der Waals surface area contributed by atoms with Gasteiger partial charge in [0.1, 0.15) is 11.5 Å². The largest absolute Gasteiger partial charge is 0.497 e. The van der Waals surface area contributed by atoms with E-state index in [1.165, 1.54) is 22.7 Å². The van der Waals surface area contributed by atoms with Crippen molar-refractivity contribution >= 4 is 51.0 Å². The third-order valence-corrected chi connectivity index (χ3v) is 7.45. The Morgan fingerprint density at radius 3 is 2.12 bits per heavy atom. The number of hydrazone groups is 1. The molecule has 43 heavy (non-hydrogen) atoms. The highest BCUT2D eigenvalue weighted by molar-refractivity contribution is 7.92. The number of amides is 2. The summed E-state index contributed by atoms with van der Waals surface area (Å²) in [6.07, 6.45) is 2.58. The highest BCUT2D eigenvalue weighted by atomic mass is 35.5. The maximum Gasteiger partial charge on any atom is 0.271 e. The minimum atomic E-state index is -3.59. The molecule has 0 unspecified atom stereocenters. The van der Waals surface area contributed by atoms with Crippen molar-refractivity contribution in [2.24, 2.45) is 5.10 Å². The maximum atomic E-state index is 12.6. The summed E-state index contributed by atoms with van der Waals surface area (Å²) in [5.74, 6) is 0.410. The summed E-state index contributed by atoms with van der Waals surface area (Å²) in [5.41, 5.74) is 5.25. The van der Waals surface area contributed by atoms with E-state index in [0.717, 1.165) is 11.8 Å². The first kappa shape index (κ1) is 31.1. The lowest BCUT2D eigenvalue weighted by molar-refractivity contribution is -0.118. The molecule has 0 aliphatic heterocycles. The molecule has 0 saturated heterocycles. The van der Waals surface area contributed by atoms with Crippen LogP contribution in [0.1, 0.15) is 21.5 Å². The van der Waals surface area contributed by atoms with Crippen molar-refractivity contribution in [2.45, 2.75) is 6.54 Å². The van der Waals surface area contributed by atoms with E-state index in [4.69, 9.17) is 21.1 Å². The number of nitrogens with one attached hydrogen (secondary N) is 2. The first-order chi connectivity index (χ1) is 20.6. The minimum Gasteiger partial charge on any atom is -0.497 e. The van der Waals surface area contributed by atoms with Gasteiger partial charge >= 0.3 is 0 Å². The summed E-state index contributed by atoms with van der Waals surface area (Å²) in [4.78, 5) is 24.7. The van der Waals surface area contributed by atoms with Gasteiger partial charge in [-0.3, -0.25) is 13.9 Å². The molecule has 0 aliphatic carbocycles. The Balaban J connectivity index is 1.27. The number of ether oxygens (including phenoxy) is 2. The van der Waals surface area contributed by atoms with Crippen LogP contribution in [-0.2, 0) is 21.4 Å². The van der Waals surface area contributed by atoms with Crippen LogP contribution in [0.4, 0.5) is 11.4 Å². The molecule has 2 N–H and O–H groups in total. The van der Waals surface area contributed by atoms with Gasteiger partial charge < -0.3 is 14.8 Å². The van der Waals surface area contributed by atoms with Crippen LogP contribution >= 0.6 is 11.6 Å². The summed E-state index contributed by atoms with van der Waals surface area (Å²) in [6, 6.07) is 26.8. The van der Waals surface area contributed by atoms with E-state index in [1.807, 2.05) is 0 Å². The van der Waals surface area contributed by atoms with E-state index in [-0.39, 0.29) is 19.1 Å². The minimum absolute atomic E-state index is 0.118. The van der Waals surface area contributed by atoms with E-state index >= 15 is 0 Å². The second-order valence-corrected chi connectivity index (χ2v) is 11.6. The lowest BCUT2D eigenvalue weighted by Gasteiger charge is -2.22. The van der Waals surface area contributed by atoms with Gasteiger partial charge in [-0.05, 0) is 96.1 Å². The van der Waals surface area contributed by atoms with Gasteiger partial charge in [0.05, 0.1) is 31.8 Å². The fourth-order valence-corrected chi connectivity index (χ4v) is 4.85. The number of hydrogen-bond acceptors (Lipinski definition) is 7. The molecule has 0 aliphatic rings. The van der Waals surface area contributed by atoms with Crippen LogP contribution in [0.25, 0.3) is 0 Å². The fourth-order valence-electron chi connectivity index (χ4n) is 3.84. The van der Waals surface area contributed by atoms with Crippen molar-refractivity contribution in [3.63, 3.8) is 0 Å². The highest BCUT2D eigenvalue weighted by Crippen LogP contribution is 2.22. The van der Waals surface area contributed by atoms with Crippen LogP contribution in [0, 0.1) is 0 Å². The Morgan fingerprint density at radius 2 is 1.51 bits per heavy atom. The highest BCUT2D eigenvalue weighted by Gasteiger charge is 2.18. The third kappa shape index (κ3) is 9.32. The molecule has 2 amide bonds. The SMILES string of the molecule is COc1ccc(NC(=O)COc2ccc(/C=N\NC(=O)c3ccc(N(Cc4ccc(Cl)cc4)S(C)(=O)=O)cc3)cc2)cc1. The molecular formula is C31H29ClN4O6S. The molecule has 222 valence electrons. The molecule has 0 bridgehead atoms. The van der Waals surface area contributed by atoms with Crippen molar-refractivity contribution in [1.82, 2.24) is 5.43 Å². The summed E-state index contributed by atoms with van der Waals surface area (Å²) in [6.45, 7) is -0.0516. The molecule has 0 radical (unpaired) electrons. The Labute approximate surface area is 254 Å². The number of anilines is 2. The average molecular weight is 621 g/mol. The summed E-state index contributed by atoms with van der Waals surface area (Å²) in [7, 11) is -2.02. The predicted molar refractivity (Wildman–Crippen MR) is 168 cm³/mol. The van der Waals surface area contributed by atoms with Crippen LogP contribution in [-0.4, -0.2) is 46.4 Å². The average Bonchev–Trinajstić information content (AvgIpc) is 3.00. The lowest BCUT2D eigenvalue weighted by Crippen LogP contribution is -2.29. The normalized spacial score (nSPS) is 11.1. The molecular weight excluding hydrogens is 592 g/mol. The molecule has 0 spiro atoms. The smallest absolute Gasteiger partial charge is 0.271 e.